The van der Waals surface area contributed by atoms with E-state index in [1.807, 2.05) is 60.7 Å². The molecule has 3 aromatic heterocycles. The largest absolute Gasteiger partial charge is 0.456 e. The van der Waals surface area contributed by atoms with E-state index in [-0.39, 0.29) is 5.63 Å². The highest BCUT2D eigenvalue weighted by Gasteiger charge is 2.17. The van der Waals surface area contributed by atoms with Crippen LogP contribution in [0.15, 0.2) is 141 Å². The van der Waals surface area contributed by atoms with Crippen molar-refractivity contribution in [2.24, 2.45) is 0 Å². The van der Waals surface area contributed by atoms with E-state index in [0.717, 1.165) is 71.3 Å². The number of fused-ring (bicyclic) bond motifs is 9. The molecular weight excluding hydrogens is 506 g/mol. The molecule has 9 aromatic rings. The quantitative estimate of drug-likeness (QED) is 0.166. The molecule has 0 aliphatic carbocycles. The van der Waals surface area contributed by atoms with Crippen LogP contribution in [0.25, 0.3) is 82.3 Å². The zero-order valence-corrected chi connectivity index (χ0v) is 21.8. The number of hydrogen-bond donors (Lipinski definition) is 0. The number of nitrogens with zero attached hydrogens (tertiary/aromatic N) is 1. The number of aromatic nitrogens is 1. The Morgan fingerprint density at radius 1 is 0.415 bits per heavy atom. The first-order valence-electron chi connectivity index (χ1n) is 13.6. The highest BCUT2D eigenvalue weighted by Crippen LogP contribution is 2.40. The second-order valence-electron chi connectivity index (χ2n) is 10.5. The van der Waals surface area contributed by atoms with E-state index in [9.17, 15) is 4.79 Å². The summed E-state index contributed by atoms with van der Waals surface area (Å²) in [6.07, 6.45) is 0. The van der Waals surface area contributed by atoms with Gasteiger partial charge in [-0.05, 0) is 65.0 Å². The lowest BCUT2D eigenvalue weighted by Crippen LogP contribution is -2.00. The van der Waals surface area contributed by atoms with Crippen molar-refractivity contribution in [2.45, 2.75) is 0 Å². The van der Waals surface area contributed by atoms with Gasteiger partial charge in [0.2, 0.25) is 0 Å². The van der Waals surface area contributed by atoms with E-state index in [1.54, 1.807) is 0 Å². The van der Waals surface area contributed by atoms with E-state index in [4.69, 9.17) is 8.83 Å². The number of furan rings is 1. The van der Waals surface area contributed by atoms with Gasteiger partial charge >= 0.3 is 5.63 Å². The fourth-order valence-electron chi connectivity index (χ4n) is 6.33. The molecule has 0 bridgehead atoms. The summed E-state index contributed by atoms with van der Waals surface area (Å²) in [5.41, 5.74) is 7.32. The second kappa shape index (κ2) is 8.20. The molecule has 4 nitrogen and oxygen atoms in total. The van der Waals surface area contributed by atoms with Crippen molar-refractivity contribution in [3.63, 3.8) is 0 Å². The molecule has 41 heavy (non-hydrogen) atoms. The standard InChI is InChI=1S/C37H21NO3/c39-37-31-19-22(14-16-25(31)26-10-4-7-13-35(26)41-37)23-15-17-32-28(18-23)29-20-30-27-11-5-6-12-34(27)40-36(30)21-33(29)38(32)24-8-2-1-3-9-24/h1-21H. The van der Waals surface area contributed by atoms with Crippen molar-refractivity contribution in [3.05, 3.63) is 138 Å². The van der Waals surface area contributed by atoms with E-state index in [1.165, 1.54) is 0 Å². The van der Waals surface area contributed by atoms with Gasteiger partial charge in [0.15, 0.2) is 0 Å². The third-order valence-corrected chi connectivity index (χ3v) is 8.23. The molecule has 3 heterocycles. The molecule has 0 amide bonds. The van der Waals surface area contributed by atoms with Crippen molar-refractivity contribution in [1.29, 1.82) is 0 Å². The monoisotopic (exact) mass is 527 g/mol. The molecule has 0 saturated carbocycles. The van der Waals surface area contributed by atoms with Crippen LogP contribution in [0.3, 0.4) is 0 Å². The van der Waals surface area contributed by atoms with Crippen molar-refractivity contribution >= 4 is 65.5 Å². The Morgan fingerprint density at radius 3 is 1.85 bits per heavy atom. The van der Waals surface area contributed by atoms with Crippen LogP contribution >= 0.6 is 0 Å². The van der Waals surface area contributed by atoms with Crippen molar-refractivity contribution < 1.29 is 8.83 Å². The fraction of sp³-hybridized carbons (Fsp3) is 0. The van der Waals surface area contributed by atoms with E-state index < -0.39 is 0 Å². The van der Waals surface area contributed by atoms with Gasteiger partial charge in [-0.2, -0.15) is 0 Å². The van der Waals surface area contributed by atoms with Gasteiger partial charge in [-0.15, -0.1) is 0 Å². The summed E-state index contributed by atoms with van der Waals surface area (Å²) in [4.78, 5) is 13.0. The Bertz CT molecular complexity index is 2550. The first kappa shape index (κ1) is 22.2. The summed E-state index contributed by atoms with van der Waals surface area (Å²) in [6.45, 7) is 0. The molecule has 6 aromatic carbocycles. The van der Waals surface area contributed by atoms with Gasteiger partial charge in [-0.3, -0.25) is 0 Å². The number of rotatable bonds is 2. The van der Waals surface area contributed by atoms with Gasteiger partial charge in [0.25, 0.3) is 0 Å². The van der Waals surface area contributed by atoms with Crippen molar-refractivity contribution in [2.75, 3.05) is 0 Å². The Labute approximate surface area is 233 Å². The molecule has 0 saturated heterocycles. The lowest BCUT2D eigenvalue weighted by Gasteiger charge is -2.09. The summed E-state index contributed by atoms with van der Waals surface area (Å²) in [5, 5.41) is 6.91. The highest BCUT2D eigenvalue weighted by atomic mass is 16.4. The van der Waals surface area contributed by atoms with Crippen LogP contribution in [0.2, 0.25) is 0 Å². The Kier molecular flexibility index (Phi) is 4.44. The van der Waals surface area contributed by atoms with Crippen LogP contribution in [-0.4, -0.2) is 4.57 Å². The normalized spacial score (nSPS) is 12.0. The third-order valence-electron chi connectivity index (χ3n) is 8.23. The minimum atomic E-state index is -0.323. The summed E-state index contributed by atoms with van der Waals surface area (Å²) in [5.74, 6) is 0. The topological polar surface area (TPSA) is 48.3 Å². The zero-order chi connectivity index (χ0) is 27.1. The van der Waals surface area contributed by atoms with Gasteiger partial charge in [0.05, 0.1) is 16.4 Å². The maximum Gasteiger partial charge on any atom is 0.344 e. The fourth-order valence-corrected chi connectivity index (χ4v) is 6.33. The third kappa shape index (κ3) is 3.19. The molecule has 0 unspecified atom stereocenters. The molecule has 0 atom stereocenters. The van der Waals surface area contributed by atoms with Gasteiger partial charge in [0, 0.05) is 38.7 Å². The lowest BCUT2D eigenvalue weighted by molar-refractivity contribution is 0.569. The number of benzene rings is 6. The van der Waals surface area contributed by atoms with Crippen molar-refractivity contribution in [1.82, 2.24) is 4.57 Å². The average molecular weight is 528 g/mol. The molecule has 0 radical (unpaired) electrons. The van der Waals surface area contributed by atoms with Crippen molar-refractivity contribution in [3.8, 4) is 16.8 Å². The predicted molar refractivity (Wildman–Crippen MR) is 167 cm³/mol. The lowest BCUT2D eigenvalue weighted by atomic mass is 9.98. The van der Waals surface area contributed by atoms with Gasteiger partial charge in [0.1, 0.15) is 16.7 Å². The molecule has 0 spiro atoms. The van der Waals surface area contributed by atoms with Crippen LogP contribution in [0, 0.1) is 0 Å². The van der Waals surface area contributed by atoms with E-state index >= 15 is 0 Å². The van der Waals surface area contributed by atoms with E-state index in [0.29, 0.717) is 11.0 Å². The minimum absolute atomic E-state index is 0.323. The molecule has 192 valence electrons. The van der Waals surface area contributed by atoms with Crippen LogP contribution in [0.1, 0.15) is 0 Å². The highest BCUT2D eigenvalue weighted by molar-refractivity contribution is 6.18. The summed E-state index contributed by atoms with van der Waals surface area (Å²) < 4.78 is 14.2. The van der Waals surface area contributed by atoms with Crippen LogP contribution < -0.4 is 5.63 Å². The summed E-state index contributed by atoms with van der Waals surface area (Å²) in [6, 6.07) is 43.3. The molecule has 0 aliphatic heterocycles. The first-order valence-corrected chi connectivity index (χ1v) is 13.6. The van der Waals surface area contributed by atoms with Crippen LogP contribution in [-0.2, 0) is 0 Å². The van der Waals surface area contributed by atoms with E-state index in [2.05, 4.69) is 71.3 Å². The predicted octanol–water partition coefficient (Wildman–Crippen LogP) is 9.61. The Hall–Kier alpha value is -5.61. The molecule has 4 heteroatoms. The maximum absolute atomic E-state index is 13.0. The van der Waals surface area contributed by atoms with Gasteiger partial charge < -0.3 is 13.4 Å². The smallest absolute Gasteiger partial charge is 0.344 e. The molecule has 0 N–H and O–H groups in total. The minimum Gasteiger partial charge on any atom is -0.456 e. The first-order chi connectivity index (χ1) is 20.2. The Morgan fingerprint density at radius 2 is 1.05 bits per heavy atom. The molecule has 0 fully saturated rings. The van der Waals surface area contributed by atoms with Gasteiger partial charge in [-0.1, -0.05) is 72.8 Å². The SMILES string of the molecule is O=c1oc2ccccc2c2ccc(-c3ccc4c(c3)c3cc5c(cc3n4-c3ccccc3)oc3ccccc35)cc12. The number of para-hydroxylation sites is 3. The summed E-state index contributed by atoms with van der Waals surface area (Å²) in [7, 11) is 0. The molecule has 9 rings (SSSR count). The Balaban J connectivity index is 1.34. The molecular formula is C37H21NO3. The van der Waals surface area contributed by atoms with Gasteiger partial charge in [-0.25, -0.2) is 4.79 Å². The van der Waals surface area contributed by atoms with Crippen LogP contribution in [0.5, 0.6) is 0 Å². The zero-order valence-electron chi connectivity index (χ0n) is 21.8. The number of hydrogen-bond acceptors (Lipinski definition) is 3. The van der Waals surface area contributed by atoms with Crippen LogP contribution in [0.4, 0.5) is 0 Å². The summed E-state index contributed by atoms with van der Waals surface area (Å²) >= 11 is 0. The maximum atomic E-state index is 13.0. The molecule has 0 aliphatic rings. The second-order valence-corrected chi connectivity index (χ2v) is 10.5. The average Bonchev–Trinajstić information content (AvgIpc) is 3.54.